The van der Waals surface area contributed by atoms with Crippen LogP contribution in [0.5, 0.6) is 5.75 Å². The first-order chi connectivity index (χ1) is 11.1. The third kappa shape index (κ3) is 5.09. The molecule has 0 bridgehead atoms. The summed E-state index contributed by atoms with van der Waals surface area (Å²) in [7, 11) is 0. The van der Waals surface area contributed by atoms with Crippen LogP contribution in [0.3, 0.4) is 0 Å². The van der Waals surface area contributed by atoms with Crippen molar-refractivity contribution in [3.05, 3.63) is 59.9 Å². The fraction of sp³-hybridized carbons (Fsp3) is 0.368. The molecule has 0 saturated carbocycles. The Morgan fingerprint density at radius 1 is 1.17 bits per heavy atom. The minimum atomic E-state index is -0.492. The van der Waals surface area contributed by atoms with Gasteiger partial charge in [-0.1, -0.05) is 32.0 Å². The molecule has 1 N–H and O–H groups in total. The predicted molar refractivity (Wildman–Crippen MR) is 91.4 cm³/mol. The highest BCUT2D eigenvalue weighted by molar-refractivity contribution is 5.81. The van der Waals surface area contributed by atoms with E-state index in [4.69, 9.17) is 4.74 Å². The maximum Gasteiger partial charge on any atom is 0.261 e. The average molecular weight is 312 g/mol. The van der Waals surface area contributed by atoms with Crippen LogP contribution in [-0.2, 0) is 11.2 Å². The van der Waals surface area contributed by atoms with Gasteiger partial charge in [-0.25, -0.2) is 0 Å². The molecule has 0 unspecified atom stereocenters. The van der Waals surface area contributed by atoms with Crippen LogP contribution in [0.1, 0.15) is 25.0 Å². The van der Waals surface area contributed by atoms with Crippen LogP contribution in [-0.4, -0.2) is 23.5 Å². The number of carbonyl (C=O) groups excluding carboxylic acids is 1. The van der Waals surface area contributed by atoms with Crippen molar-refractivity contribution in [2.24, 2.45) is 5.92 Å². The SMILES string of the molecule is Cc1ccccc1O[C@@H](C(=O)NCCc1ccncc1)C(C)C. The van der Waals surface area contributed by atoms with Crippen LogP contribution in [0, 0.1) is 12.8 Å². The van der Waals surface area contributed by atoms with Gasteiger partial charge in [0.25, 0.3) is 5.91 Å². The van der Waals surface area contributed by atoms with E-state index in [0.29, 0.717) is 6.54 Å². The molecule has 122 valence electrons. The van der Waals surface area contributed by atoms with Gasteiger partial charge >= 0.3 is 0 Å². The van der Waals surface area contributed by atoms with E-state index in [2.05, 4.69) is 10.3 Å². The summed E-state index contributed by atoms with van der Waals surface area (Å²) >= 11 is 0. The van der Waals surface area contributed by atoms with Crippen molar-refractivity contribution in [2.45, 2.75) is 33.3 Å². The van der Waals surface area contributed by atoms with Crippen LogP contribution < -0.4 is 10.1 Å². The number of aryl methyl sites for hydroxylation is 1. The Labute approximate surface area is 137 Å². The van der Waals surface area contributed by atoms with E-state index >= 15 is 0 Å². The summed E-state index contributed by atoms with van der Waals surface area (Å²) in [6.45, 7) is 6.55. The first-order valence-corrected chi connectivity index (χ1v) is 7.97. The number of aromatic nitrogens is 1. The molecule has 2 rings (SSSR count). The number of hydrogen-bond acceptors (Lipinski definition) is 3. The topological polar surface area (TPSA) is 51.2 Å². The molecular formula is C19H24N2O2. The standard InChI is InChI=1S/C19H24N2O2/c1-14(2)18(23-17-7-5-4-6-15(17)3)19(22)21-13-10-16-8-11-20-12-9-16/h4-9,11-12,14,18H,10,13H2,1-3H3,(H,21,22)/t18-/m1/s1. The molecule has 1 aromatic heterocycles. The first kappa shape index (κ1) is 17.0. The fourth-order valence-corrected chi connectivity index (χ4v) is 2.30. The molecule has 0 aliphatic carbocycles. The van der Waals surface area contributed by atoms with Crippen molar-refractivity contribution >= 4 is 5.91 Å². The molecule has 4 heteroatoms. The minimum absolute atomic E-state index is 0.0719. The Morgan fingerprint density at radius 2 is 1.87 bits per heavy atom. The van der Waals surface area contributed by atoms with Crippen molar-refractivity contribution < 1.29 is 9.53 Å². The normalized spacial score (nSPS) is 12.0. The molecule has 0 spiro atoms. The fourth-order valence-electron chi connectivity index (χ4n) is 2.30. The second-order valence-electron chi connectivity index (χ2n) is 5.94. The molecule has 0 saturated heterocycles. The number of hydrogen-bond donors (Lipinski definition) is 1. The predicted octanol–water partition coefficient (Wildman–Crippen LogP) is 3.15. The van der Waals surface area contributed by atoms with Gasteiger partial charge < -0.3 is 10.1 Å². The molecule has 1 heterocycles. The summed E-state index contributed by atoms with van der Waals surface area (Å²) in [6.07, 6.45) is 3.81. The number of rotatable bonds is 7. The molecule has 23 heavy (non-hydrogen) atoms. The zero-order valence-corrected chi connectivity index (χ0v) is 14.0. The first-order valence-electron chi connectivity index (χ1n) is 7.97. The highest BCUT2D eigenvalue weighted by atomic mass is 16.5. The Balaban J connectivity index is 1.92. The maximum absolute atomic E-state index is 12.4. The van der Waals surface area contributed by atoms with Gasteiger partial charge in [-0.2, -0.15) is 0 Å². The smallest absolute Gasteiger partial charge is 0.261 e. The lowest BCUT2D eigenvalue weighted by molar-refractivity contribution is -0.129. The second kappa shape index (κ2) is 8.32. The molecule has 4 nitrogen and oxygen atoms in total. The zero-order chi connectivity index (χ0) is 16.7. The average Bonchev–Trinajstić information content (AvgIpc) is 2.54. The zero-order valence-electron chi connectivity index (χ0n) is 14.0. The van der Waals surface area contributed by atoms with E-state index in [1.807, 2.05) is 57.2 Å². The van der Waals surface area contributed by atoms with Crippen molar-refractivity contribution in [2.75, 3.05) is 6.54 Å². The van der Waals surface area contributed by atoms with Crippen molar-refractivity contribution in [1.82, 2.24) is 10.3 Å². The van der Waals surface area contributed by atoms with Gasteiger partial charge in [0.15, 0.2) is 6.10 Å². The third-order valence-corrected chi connectivity index (χ3v) is 3.67. The summed E-state index contributed by atoms with van der Waals surface area (Å²) in [5.74, 6) is 0.781. The van der Waals surface area contributed by atoms with Crippen molar-refractivity contribution in [3.8, 4) is 5.75 Å². The Morgan fingerprint density at radius 3 is 2.52 bits per heavy atom. The largest absolute Gasteiger partial charge is 0.480 e. The van der Waals surface area contributed by atoms with Crippen molar-refractivity contribution in [1.29, 1.82) is 0 Å². The number of ether oxygens (including phenoxy) is 1. The summed E-state index contributed by atoms with van der Waals surface area (Å²) in [5, 5.41) is 2.97. The molecule has 1 amide bonds. The summed E-state index contributed by atoms with van der Waals surface area (Å²) in [5.41, 5.74) is 2.18. The minimum Gasteiger partial charge on any atom is -0.480 e. The van der Waals surface area contributed by atoms with Gasteiger partial charge in [-0.3, -0.25) is 9.78 Å². The summed E-state index contributed by atoms with van der Waals surface area (Å²) in [6, 6.07) is 11.7. The molecular weight excluding hydrogens is 288 g/mol. The second-order valence-corrected chi connectivity index (χ2v) is 5.94. The molecule has 0 fully saturated rings. The molecule has 0 aliphatic heterocycles. The molecule has 0 radical (unpaired) electrons. The Hall–Kier alpha value is -2.36. The van der Waals surface area contributed by atoms with Gasteiger partial charge in [0.1, 0.15) is 5.75 Å². The van der Waals surface area contributed by atoms with Crippen LogP contribution in [0.2, 0.25) is 0 Å². The lowest BCUT2D eigenvalue weighted by Gasteiger charge is -2.22. The number of para-hydroxylation sites is 1. The van der Waals surface area contributed by atoms with Crippen molar-refractivity contribution in [3.63, 3.8) is 0 Å². The molecule has 1 aromatic carbocycles. The van der Waals surface area contributed by atoms with Gasteiger partial charge in [-0.15, -0.1) is 0 Å². The van der Waals surface area contributed by atoms with Crippen LogP contribution in [0.4, 0.5) is 0 Å². The highest BCUT2D eigenvalue weighted by Gasteiger charge is 2.24. The van der Waals surface area contributed by atoms with E-state index in [9.17, 15) is 4.79 Å². The number of nitrogens with zero attached hydrogens (tertiary/aromatic N) is 1. The van der Waals surface area contributed by atoms with Crippen LogP contribution in [0.15, 0.2) is 48.8 Å². The Kier molecular flexibility index (Phi) is 6.15. The maximum atomic E-state index is 12.4. The Bertz CT molecular complexity index is 626. The molecule has 2 aromatic rings. The quantitative estimate of drug-likeness (QED) is 0.854. The van der Waals surface area contributed by atoms with Gasteiger partial charge in [0.2, 0.25) is 0 Å². The summed E-state index contributed by atoms with van der Waals surface area (Å²) < 4.78 is 5.95. The van der Waals surface area contributed by atoms with Crippen LogP contribution in [0.25, 0.3) is 0 Å². The number of nitrogens with one attached hydrogen (secondary N) is 1. The summed E-state index contributed by atoms with van der Waals surface area (Å²) in [4.78, 5) is 16.4. The van der Waals surface area contributed by atoms with E-state index in [0.717, 1.165) is 23.3 Å². The number of pyridine rings is 1. The van der Waals surface area contributed by atoms with Gasteiger partial charge in [0, 0.05) is 18.9 Å². The van der Waals surface area contributed by atoms with E-state index in [1.54, 1.807) is 12.4 Å². The molecule has 0 aliphatic rings. The lowest BCUT2D eigenvalue weighted by Crippen LogP contribution is -2.42. The monoisotopic (exact) mass is 312 g/mol. The molecule has 1 atom stereocenters. The number of benzene rings is 1. The number of amides is 1. The lowest BCUT2D eigenvalue weighted by atomic mass is 10.1. The van der Waals surface area contributed by atoms with E-state index in [-0.39, 0.29) is 11.8 Å². The van der Waals surface area contributed by atoms with E-state index < -0.39 is 6.10 Å². The van der Waals surface area contributed by atoms with Gasteiger partial charge in [-0.05, 0) is 48.6 Å². The number of carbonyl (C=O) groups is 1. The van der Waals surface area contributed by atoms with E-state index in [1.165, 1.54) is 0 Å². The third-order valence-electron chi connectivity index (χ3n) is 3.67. The van der Waals surface area contributed by atoms with Gasteiger partial charge in [0.05, 0.1) is 0 Å². The highest BCUT2D eigenvalue weighted by Crippen LogP contribution is 2.20. The van der Waals surface area contributed by atoms with Crippen LogP contribution >= 0.6 is 0 Å².